The molecule has 0 aromatic carbocycles. The van der Waals surface area contributed by atoms with Crippen molar-refractivity contribution in [2.45, 2.75) is 47.5 Å². The first-order valence-electron chi connectivity index (χ1n) is 7.78. The number of ether oxygens (including phenoxy) is 2. The lowest BCUT2D eigenvalue weighted by molar-refractivity contribution is 0.0803. The zero-order valence-electron chi connectivity index (χ0n) is 14.2. The Morgan fingerprint density at radius 3 is 2.38 bits per heavy atom. The zero-order chi connectivity index (χ0) is 15.8. The molecule has 1 heterocycles. The molecule has 1 rings (SSSR count). The van der Waals surface area contributed by atoms with Gasteiger partial charge in [-0.15, -0.1) is 0 Å². The molecule has 21 heavy (non-hydrogen) atoms. The van der Waals surface area contributed by atoms with Gasteiger partial charge in [0.1, 0.15) is 18.2 Å². The lowest BCUT2D eigenvalue weighted by Crippen LogP contribution is -2.14. The Morgan fingerprint density at radius 1 is 1.10 bits per heavy atom. The van der Waals surface area contributed by atoms with Gasteiger partial charge in [0.2, 0.25) is 5.88 Å². The van der Waals surface area contributed by atoms with E-state index in [0.29, 0.717) is 25.0 Å². The van der Waals surface area contributed by atoms with Gasteiger partial charge in [-0.05, 0) is 19.8 Å². The van der Waals surface area contributed by atoms with Crippen molar-refractivity contribution in [1.29, 1.82) is 0 Å². The second-order valence-corrected chi connectivity index (χ2v) is 5.86. The van der Waals surface area contributed by atoms with Crippen molar-refractivity contribution in [3.05, 3.63) is 11.4 Å². The molecule has 0 fully saturated rings. The normalized spacial score (nSPS) is 11.2. The van der Waals surface area contributed by atoms with Crippen LogP contribution in [0.4, 0.5) is 5.82 Å². The third kappa shape index (κ3) is 5.87. The summed E-state index contributed by atoms with van der Waals surface area (Å²) in [6.45, 7) is 15.1. The average molecular weight is 295 g/mol. The molecular formula is C16H29N3O2. The van der Waals surface area contributed by atoms with Gasteiger partial charge in [0.15, 0.2) is 0 Å². The predicted octanol–water partition coefficient (Wildman–Crippen LogP) is 3.39. The molecule has 5 nitrogen and oxygen atoms in total. The SMILES string of the molecule is CCNc1nc(C(C)C)nc(OCCOCC(C)C)c1C. The van der Waals surface area contributed by atoms with Crippen molar-refractivity contribution in [1.82, 2.24) is 9.97 Å². The summed E-state index contributed by atoms with van der Waals surface area (Å²) < 4.78 is 11.3. The molecule has 0 aliphatic carbocycles. The van der Waals surface area contributed by atoms with Gasteiger partial charge < -0.3 is 14.8 Å². The van der Waals surface area contributed by atoms with Gasteiger partial charge in [0.25, 0.3) is 0 Å². The number of aromatic nitrogens is 2. The molecule has 1 N–H and O–H groups in total. The van der Waals surface area contributed by atoms with Crippen LogP contribution in [0.5, 0.6) is 5.88 Å². The summed E-state index contributed by atoms with van der Waals surface area (Å²) in [5, 5.41) is 3.27. The number of nitrogens with one attached hydrogen (secondary N) is 1. The van der Waals surface area contributed by atoms with Crippen LogP contribution in [0.25, 0.3) is 0 Å². The van der Waals surface area contributed by atoms with Crippen molar-refractivity contribution >= 4 is 5.82 Å². The van der Waals surface area contributed by atoms with Crippen LogP contribution in [0, 0.1) is 12.8 Å². The molecule has 1 aromatic rings. The molecule has 0 unspecified atom stereocenters. The fourth-order valence-corrected chi connectivity index (χ4v) is 1.77. The van der Waals surface area contributed by atoms with E-state index < -0.39 is 0 Å². The Kier molecular flexibility index (Phi) is 7.43. The molecule has 120 valence electrons. The number of hydrogen-bond donors (Lipinski definition) is 1. The Bertz CT molecular complexity index is 434. The van der Waals surface area contributed by atoms with Gasteiger partial charge in [-0.25, -0.2) is 4.98 Å². The number of nitrogens with zero attached hydrogens (tertiary/aromatic N) is 2. The molecule has 0 atom stereocenters. The Balaban J connectivity index is 2.70. The molecule has 0 spiro atoms. The molecule has 0 amide bonds. The highest BCUT2D eigenvalue weighted by Crippen LogP contribution is 2.24. The average Bonchev–Trinajstić information content (AvgIpc) is 2.41. The minimum atomic E-state index is 0.266. The van der Waals surface area contributed by atoms with E-state index in [1.165, 1.54) is 0 Å². The van der Waals surface area contributed by atoms with E-state index in [9.17, 15) is 0 Å². The van der Waals surface area contributed by atoms with Gasteiger partial charge in [0.05, 0.1) is 12.2 Å². The van der Waals surface area contributed by atoms with Crippen LogP contribution in [-0.4, -0.2) is 36.3 Å². The molecule has 0 saturated heterocycles. The minimum absolute atomic E-state index is 0.266. The third-order valence-electron chi connectivity index (χ3n) is 2.90. The van der Waals surface area contributed by atoms with E-state index in [4.69, 9.17) is 9.47 Å². The Morgan fingerprint density at radius 2 is 1.81 bits per heavy atom. The number of rotatable bonds is 9. The molecule has 0 aliphatic heterocycles. The van der Waals surface area contributed by atoms with E-state index >= 15 is 0 Å². The lowest BCUT2D eigenvalue weighted by Gasteiger charge is -2.15. The Hall–Kier alpha value is -1.36. The van der Waals surface area contributed by atoms with Gasteiger partial charge in [-0.3, -0.25) is 0 Å². The minimum Gasteiger partial charge on any atom is -0.475 e. The van der Waals surface area contributed by atoms with Gasteiger partial charge in [0, 0.05) is 19.1 Å². The maximum atomic E-state index is 5.78. The monoisotopic (exact) mass is 295 g/mol. The van der Waals surface area contributed by atoms with Gasteiger partial charge in [-0.2, -0.15) is 4.98 Å². The second kappa shape index (κ2) is 8.82. The standard InChI is InChI=1S/C16H29N3O2/c1-7-17-15-13(6)16(19-14(18-15)12(4)5)21-9-8-20-10-11(2)3/h11-12H,7-10H2,1-6H3,(H,17,18,19). The summed E-state index contributed by atoms with van der Waals surface area (Å²) in [4.78, 5) is 9.07. The predicted molar refractivity (Wildman–Crippen MR) is 86.2 cm³/mol. The molecular weight excluding hydrogens is 266 g/mol. The van der Waals surface area contributed by atoms with Crippen LogP contribution in [0.15, 0.2) is 0 Å². The van der Waals surface area contributed by atoms with Crippen molar-refractivity contribution in [3.8, 4) is 5.88 Å². The van der Waals surface area contributed by atoms with Crippen molar-refractivity contribution in [2.24, 2.45) is 5.92 Å². The summed E-state index contributed by atoms with van der Waals surface area (Å²) in [5.74, 6) is 3.11. The summed E-state index contributed by atoms with van der Waals surface area (Å²) >= 11 is 0. The maximum Gasteiger partial charge on any atom is 0.221 e. The maximum absolute atomic E-state index is 5.78. The molecule has 1 aromatic heterocycles. The van der Waals surface area contributed by atoms with Crippen LogP contribution >= 0.6 is 0 Å². The first kappa shape index (κ1) is 17.7. The molecule has 0 radical (unpaired) electrons. The van der Waals surface area contributed by atoms with Crippen molar-refractivity contribution in [3.63, 3.8) is 0 Å². The van der Waals surface area contributed by atoms with Gasteiger partial charge in [-0.1, -0.05) is 27.7 Å². The smallest absolute Gasteiger partial charge is 0.221 e. The zero-order valence-corrected chi connectivity index (χ0v) is 14.2. The van der Waals surface area contributed by atoms with Crippen LogP contribution < -0.4 is 10.1 Å². The van der Waals surface area contributed by atoms with Crippen LogP contribution in [0.1, 0.15) is 51.9 Å². The topological polar surface area (TPSA) is 56.3 Å². The van der Waals surface area contributed by atoms with Crippen molar-refractivity contribution < 1.29 is 9.47 Å². The summed E-state index contributed by atoms with van der Waals surface area (Å²) in [7, 11) is 0. The summed E-state index contributed by atoms with van der Waals surface area (Å²) in [5.41, 5.74) is 0.949. The van der Waals surface area contributed by atoms with Crippen LogP contribution in [0.3, 0.4) is 0 Å². The molecule has 0 saturated carbocycles. The highest BCUT2D eigenvalue weighted by atomic mass is 16.5. The van der Waals surface area contributed by atoms with Gasteiger partial charge >= 0.3 is 0 Å². The van der Waals surface area contributed by atoms with E-state index in [1.807, 2.05) is 6.92 Å². The Labute approximate surface area is 128 Å². The highest BCUT2D eigenvalue weighted by Gasteiger charge is 2.13. The van der Waals surface area contributed by atoms with E-state index in [1.54, 1.807) is 0 Å². The first-order valence-corrected chi connectivity index (χ1v) is 7.78. The van der Waals surface area contributed by atoms with E-state index in [-0.39, 0.29) is 5.92 Å². The summed E-state index contributed by atoms with van der Waals surface area (Å²) in [6, 6.07) is 0. The third-order valence-corrected chi connectivity index (χ3v) is 2.90. The molecule has 0 aliphatic rings. The van der Waals surface area contributed by atoms with Crippen LogP contribution in [0.2, 0.25) is 0 Å². The van der Waals surface area contributed by atoms with Crippen molar-refractivity contribution in [2.75, 3.05) is 31.7 Å². The fraction of sp³-hybridized carbons (Fsp3) is 0.750. The first-order chi connectivity index (χ1) is 9.95. The highest BCUT2D eigenvalue weighted by molar-refractivity contribution is 5.48. The fourth-order valence-electron chi connectivity index (χ4n) is 1.77. The molecule has 5 heteroatoms. The number of hydrogen-bond acceptors (Lipinski definition) is 5. The largest absolute Gasteiger partial charge is 0.475 e. The van der Waals surface area contributed by atoms with E-state index in [0.717, 1.165) is 30.4 Å². The quantitative estimate of drug-likeness (QED) is 0.708. The van der Waals surface area contributed by atoms with E-state index in [2.05, 4.69) is 49.9 Å². The number of anilines is 1. The summed E-state index contributed by atoms with van der Waals surface area (Å²) in [6.07, 6.45) is 0. The molecule has 0 bridgehead atoms. The van der Waals surface area contributed by atoms with Crippen LogP contribution in [-0.2, 0) is 4.74 Å². The lowest BCUT2D eigenvalue weighted by atomic mass is 10.2. The second-order valence-electron chi connectivity index (χ2n) is 5.86.